The maximum Gasteiger partial charge on any atom is 0.254 e. The van der Waals surface area contributed by atoms with Crippen LogP contribution in [0.2, 0.25) is 0 Å². The number of nitrogens with zero attached hydrogens (tertiary/aromatic N) is 1. The first-order valence-corrected chi connectivity index (χ1v) is 5.86. The Balaban J connectivity index is 2.67. The quantitative estimate of drug-likeness (QED) is 0.885. The van der Waals surface area contributed by atoms with Gasteiger partial charge < -0.3 is 4.98 Å². The lowest BCUT2D eigenvalue weighted by Crippen LogP contribution is -2.16. The summed E-state index contributed by atoms with van der Waals surface area (Å²) < 4.78 is 13.2. The molecule has 3 nitrogen and oxygen atoms in total. The van der Waals surface area contributed by atoms with Crippen LogP contribution < -0.4 is 5.56 Å². The standard InChI is InChI=1S/C14H15FN2O/c1-8(2)13-16-12(9(3)14(18)17-13)10-5-4-6-11(15)7-10/h4-8H,1-3H3,(H,16,17,18). The van der Waals surface area contributed by atoms with E-state index in [1.54, 1.807) is 19.1 Å². The predicted octanol–water partition coefficient (Wildman–Crippen LogP) is 3.01. The lowest BCUT2D eigenvalue weighted by molar-refractivity contribution is 0.628. The van der Waals surface area contributed by atoms with Gasteiger partial charge in [-0.3, -0.25) is 4.79 Å². The third-order valence-electron chi connectivity index (χ3n) is 2.81. The first-order valence-electron chi connectivity index (χ1n) is 5.86. The summed E-state index contributed by atoms with van der Waals surface area (Å²) in [6.45, 7) is 5.59. The zero-order chi connectivity index (χ0) is 13.3. The molecule has 2 rings (SSSR count). The van der Waals surface area contributed by atoms with Crippen molar-refractivity contribution in [2.75, 3.05) is 0 Å². The van der Waals surface area contributed by atoms with Gasteiger partial charge in [-0.25, -0.2) is 9.37 Å². The van der Waals surface area contributed by atoms with Gasteiger partial charge in [-0.05, 0) is 19.1 Å². The van der Waals surface area contributed by atoms with Crippen LogP contribution in [0.15, 0.2) is 29.1 Å². The molecule has 0 atom stereocenters. The second-order valence-electron chi connectivity index (χ2n) is 4.59. The van der Waals surface area contributed by atoms with Crippen molar-refractivity contribution in [1.82, 2.24) is 9.97 Å². The van der Waals surface area contributed by atoms with Gasteiger partial charge in [0.25, 0.3) is 5.56 Å². The van der Waals surface area contributed by atoms with Crippen molar-refractivity contribution in [3.05, 3.63) is 51.8 Å². The normalized spacial score (nSPS) is 10.9. The summed E-state index contributed by atoms with van der Waals surface area (Å²) in [6.07, 6.45) is 0. The van der Waals surface area contributed by atoms with Crippen molar-refractivity contribution in [2.24, 2.45) is 0 Å². The molecule has 0 amide bonds. The topological polar surface area (TPSA) is 45.8 Å². The van der Waals surface area contributed by atoms with Gasteiger partial charge in [0.2, 0.25) is 0 Å². The van der Waals surface area contributed by atoms with Crippen molar-refractivity contribution in [3.8, 4) is 11.3 Å². The maximum absolute atomic E-state index is 13.2. The average Bonchev–Trinajstić information content (AvgIpc) is 2.32. The monoisotopic (exact) mass is 246 g/mol. The van der Waals surface area contributed by atoms with E-state index in [9.17, 15) is 9.18 Å². The third kappa shape index (κ3) is 2.32. The summed E-state index contributed by atoms with van der Waals surface area (Å²) >= 11 is 0. The lowest BCUT2D eigenvalue weighted by Gasteiger charge is -2.09. The number of aromatic nitrogens is 2. The minimum absolute atomic E-state index is 0.116. The summed E-state index contributed by atoms with van der Waals surface area (Å²) in [5.74, 6) is 0.399. The van der Waals surface area contributed by atoms with E-state index in [-0.39, 0.29) is 17.3 Å². The van der Waals surface area contributed by atoms with E-state index in [0.29, 0.717) is 22.6 Å². The first-order chi connectivity index (χ1) is 8.49. The van der Waals surface area contributed by atoms with Gasteiger partial charge in [-0.2, -0.15) is 0 Å². The summed E-state index contributed by atoms with van der Waals surface area (Å²) in [5.41, 5.74) is 1.50. The molecule has 94 valence electrons. The lowest BCUT2D eigenvalue weighted by atomic mass is 10.1. The molecular formula is C14H15FN2O. The molecule has 18 heavy (non-hydrogen) atoms. The zero-order valence-electron chi connectivity index (χ0n) is 10.6. The van der Waals surface area contributed by atoms with Gasteiger partial charge in [0.15, 0.2) is 0 Å². The van der Waals surface area contributed by atoms with Gasteiger partial charge in [0.05, 0.1) is 5.69 Å². The number of hydrogen-bond donors (Lipinski definition) is 1. The highest BCUT2D eigenvalue weighted by Gasteiger charge is 2.12. The number of benzene rings is 1. The molecule has 0 bridgehead atoms. The highest BCUT2D eigenvalue weighted by atomic mass is 19.1. The second-order valence-corrected chi connectivity index (χ2v) is 4.59. The molecule has 0 unspecified atom stereocenters. The van der Waals surface area contributed by atoms with E-state index in [1.807, 2.05) is 13.8 Å². The number of rotatable bonds is 2. The Morgan fingerprint density at radius 2 is 2.06 bits per heavy atom. The van der Waals surface area contributed by atoms with E-state index in [4.69, 9.17) is 0 Å². The molecule has 1 N–H and O–H groups in total. The Kier molecular flexibility index (Phi) is 3.28. The highest BCUT2D eigenvalue weighted by molar-refractivity contribution is 5.62. The van der Waals surface area contributed by atoms with Crippen molar-refractivity contribution in [2.45, 2.75) is 26.7 Å². The number of nitrogens with one attached hydrogen (secondary N) is 1. The van der Waals surface area contributed by atoms with Crippen molar-refractivity contribution >= 4 is 0 Å². The fourth-order valence-corrected chi connectivity index (χ4v) is 1.74. The van der Waals surface area contributed by atoms with Gasteiger partial charge in [0.1, 0.15) is 11.6 Å². The molecule has 0 aliphatic rings. The minimum Gasteiger partial charge on any atom is -0.310 e. The molecule has 0 saturated carbocycles. The SMILES string of the molecule is Cc1c(-c2cccc(F)c2)nc(C(C)C)[nH]c1=O. The van der Waals surface area contributed by atoms with Crippen LogP contribution in [0, 0.1) is 12.7 Å². The number of hydrogen-bond acceptors (Lipinski definition) is 2. The predicted molar refractivity (Wildman–Crippen MR) is 69.1 cm³/mol. The molecule has 0 saturated heterocycles. The van der Waals surface area contributed by atoms with Crippen LogP contribution >= 0.6 is 0 Å². The van der Waals surface area contributed by atoms with Crippen LogP contribution in [0.5, 0.6) is 0 Å². The molecule has 0 fully saturated rings. The Morgan fingerprint density at radius 3 is 2.67 bits per heavy atom. The summed E-state index contributed by atoms with van der Waals surface area (Å²) in [4.78, 5) is 19.0. The summed E-state index contributed by atoms with van der Waals surface area (Å²) in [6, 6.07) is 6.12. The third-order valence-corrected chi connectivity index (χ3v) is 2.81. The number of H-pyrrole nitrogens is 1. The average molecular weight is 246 g/mol. The molecule has 1 aromatic heterocycles. The van der Waals surface area contributed by atoms with Crippen molar-refractivity contribution in [3.63, 3.8) is 0 Å². The zero-order valence-corrected chi connectivity index (χ0v) is 10.6. The highest BCUT2D eigenvalue weighted by Crippen LogP contribution is 2.21. The fourth-order valence-electron chi connectivity index (χ4n) is 1.74. The van der Waals surface area contributed by atoms with E-state index < -0.39 is 0 Å². The summed E-state index contributed by atoms with van der Waals surface area (Å²) in [5, 5.41) is 0. The number of halogens is 1. The molecule has 1 aromatic carbocycles. The molecule has 2 aromatic rings. The molecule has 0 aliphatic heterocycles. The largest absolute Gasteiger partial charge is 0.310 e. The van der Waals surface area contributed by atoms with E-state index in [2.05, 4.69) is 9.97 Å². The van der Waals surface area contributed by atoms with E-state index in [1.165, 1.54) is 12.1 Å². The van der Waals surface area contributed by atoms with Crippen molar-refractivity contribution < 1.29 is 4.39 Å². The van der Waals surface area contributed by atoms with Crippen LogP contribution in [0.1, 0.15) is 31.2 Å². The van der Waals surface area contributed by atoms with Crippen LogP contribution in [0.3, 0.4) is 0 Å². The molecule has 4 heteroatoms. The summed E-state index contributed by atoms with van der Waals surface area (Å²) in [7, 11) is 0. The van der Waals surface area contributed by atoms with Gasteiger partial charge in [-0.1, -0.05) is 26.0 Å². The van der Waals surface area contributed by atoms with Gasteiger partial charge >= 0.3 is 0 Å². The molecule has 0 aliphatic carbocycles. The molecule has 0 spiro atoms. The smallest absolute Gasteiger partial charge is 0.254 e. The van der Waals surface area contributed by atoms with Crippen molar-refractivity contribution in [1.29, 1.82) is 0 Å². The minimum atomic E-state index is -0.333. The fraction of sp³-hybridized carbons (Fsp3) is 0.286. The second kappa shape index (κ2) is 4.72. The van der Waals surface area contributed by atoms with Gasteiger partial charge in [-0.15, -0.1) is 0 Å². The Morgan fingerprint density at radius 1 is 1.33 bits per heavy atom. The Labute approximate surface area is 105 Å². The Bertz CT molecular complexity index is 632. The molecule has 1 heterocycles. The Hall–Kier alpha value is -1.97. The van der Waals surface area contributed by atoms with E-state index in [0.717, 1.165) is 0 Å². The van der Waals surface area contributed by atoms with Crippen LogP contribution in [0.4, 0.5) is 4.39 Å². The van der Waals surface area contributed by atoms with Crippen LogP contribution in [-0.4, -0.2) is 9.97 Å². The maximum atomic E-state index is 13.2. The van der Waals surface area contributed by atoms with E-state index >= 15 is 0 Å². The molecular weight excluding hydrogens is 231 g/mol. The first kappa shape index (κ1) is 12.5. The van der Waals surface area contributed by atoms with Gasteiger partial charge in [0, 0.05) is 17.0 Å². The molecule has 0 radical (unpaired) electrons. The van der Waals surface area contributed by atoms with Crippen LogP contribution in [0.25, 0.3) is 11.3 Å². The number of aromatic amines is 1. The van der Waals surface area contributed by atoms with Crippen LogP contribution in [-0.2, 0) is 0 Å².